The molecule has 0 unspecified atom stereocenters. The second kappa shape index (κ2) is 11.5. The third-order valence-electron chi connectivity index (χ3n) is 5.60. The Morgan fingerprint density at radius 1 is 1.06 bits per heavy atom. The number of aliphatic carboxylic acids is 1. The molecule has 0 amide bonds. The molecule has 0 bridgehead atoms. The van der Waals surface area contributed by atoms with Crippen molar-refractivity contribution in [1.29, 1.82) is 0 Å². The highest BCUT2D eigenvalue weighted by Gasteiger charge is 2.17. The zero-order valence-electron chi connectivity index (χ0n) is 19.8. The highest BCUT2D eigenvalue weighted by atomic mass is 16.5. The number of hydrogen-bond acceptors (Lipinski definition) is 6. The van der Waals surface area contributed by atoms with Crippen LogP contribution in [0.4, 0.5) is 11.4 Å². The van der Waals surface area contributed by atoms with Crippen molar-refractivity contribution in [2.24, 2.45) is 0 Å². The van der Waals surface area contributed by atoms with Crippen molar-refractivity contribution in [1.82, 2.24) is 5.16 Å². The van der Waals surface area contributed by atoms with Gasteiger partial charge in [0.2, 0.25) is 0 Å². The summed E-state index contributed by atoms with van der Waals surface area (Å²) < 4.78 is 15.9. The van der Waals surface area contributed by atoms with Crippen LogP contribution in [0.1, 0.15) is 36.3 Å². The zero-order valence-corrected chi connectivity index (χ0v) is 19.8. The fraction of sp³-hybridized carbons (Fsp3) is 0.385. The average molecular weight is 453 g/mol. The monoisotopic (exact) mass is 452 g/mol. The maximum atomic E-state index is 10.6. The van der Waals surface area contributed by atoms with Crippen LogP contribution in [0, 0.1) is 20.8 Å². The van der Waals surface area contributed by atoms with Gasteiger partial charge in [-0.1, -0.05) is 17.3 Å². The minimum Gasteiger partial charge on any atom is -0.497 e. The van der Waals surface area contributed by atoms with Crippen molar-refractivity contribution < 1.29 is 23.9 Å². The van der Waals surface area contributed by atoms with E-state index in [1.165, 1.54) is 5.56 Å². The number of nitrogens with zero attached hydrogens (tertiary/aromatic N) is 2. The second-order valence-corrected chi connectivity index (χ2v) is 8.06. The Balaban J connectivity index is 1.82. The van der Waals surface area contributed by atoms with E-state index in [-0.39, 0.29) is 6.61 Å². The molecule has 1 N–H and O–H groups in total. The average Bonchev–Trinajstić information content (AvgIpc) is 3.14. The normalized spacial score (nSPS) is 10.9. The Hall–Kier alpha value is -3.32. The van der Waals surface area contributed by atoms with Crippen LogP contribution < -0.4 is 9.64 Å². The summed E-state index contributed by atoms with van der Waals surface area (Å²) in [5.41, 5.74) is 6.36. The summed E-state index contributed by atoms with van der Waals surface area (Å²) in [5, 5.41) is 12.8. The number of benzene rings is 2. The van der Waals surface area contributed by atoms with Crippen molar-refractivity contribution in [2.75, 3.05) is 31.8 Å². The molecule has 1 heterocycles. The lowest BCUT2D eigenvalue weighted by Gasteiger charge is -2.27. The first kappa shape index (κ1) is 24.3. The molecule has 0 spiro atoms. The SMILES string of the molecule is COc1ccc(N(CCCCCOCC(=O)O)c2cc(-c3c(C)noc3C)ccc2C)cc1. The van der Waals surface area contributed by atoms with Gasteiger partial charge in [-0.15, -0.1) is 0 Å². The van der Waals surface area contributed by atoms with Gasteiger partial charge < -0.3 is 24.0 Å². The summed E-state index contributed by atoms with van der Waals surface area (Å²) in [6.45, 7) is 7.03. The highest BCUT2D eigenvalue weighted by molar-refractivity contribution is 5.76. The number of unbranched alkanes of at least 4 members (excludes halogenated alkanes) is 2. The molecule has 0 saturated carbocycles. The minimum absolute atomic E-state index is 0.244. The van der Waals surface area contributed by atoms with E-state index in [2.05, 4.69) is 47.3 Å². The minimum atomic E-state index is -0.936. The van der Waals surface area contributed by atoms with Gasteiger partial charge in [-0.2, -0.15) is 0 Å². The van der Waals surface area contributed by atoms with E-state index in [9.17, 15) is 4.79 Å². The maximum absolute atomic E-state index is 10.6. The molecule has 0 aliphatic heterocycles. The van der Waals surface area contributed by atoms with Gasteiger partial charge in [-0.05, 0) is 81.5 Å². The number of aryl methyl sites for hydroxylation is 3. The standard InChI is InChI=1S/C26H32N2O5/c1-18-8-9-21(26-19(2)27-33-20(26)3)16-24(18)28(22-10-12-23(31-4)13-11-22)14-6-5-7-15-32-17-25(29)30/h8-13,16H,5-7,14-15,17H2,1-4H3,(H,29,30). The zero-order chi connectivity index (χ0) is 23.8. The Morgan fingerprint density at radius 3 is 2.45 bits per heavy atom. The molecule has 176 valence electrons. The smallest absolute Gasteiger partial charge is 0.329 e. The van der Waals surface area contributed by atoms with Crippen LogP contribution >= 0.6 is 0 Å². The van der Waals surface area contributed by atoms with E-state index in [1.54, 1.807) is 7.11 Å². The molecule has 0 atom stereocenters. The number of methoxy groups -OCH3 is 1. The Bertz CT molecular complexity index is 1040. The van der Waals surface area contributed by atoms with E-state index in [4.69, 9.17) is 19.1 Å². The molecule has 0 fully saturated rings. The third kappa shape index (κ3) is 6.35. The van der Waals surface area contributed by atoms with Crippen LogP contribution in [0.2, 0.25) is 0 Å². The summed E-state index contributed by atoms with van der Waals surface area (Å²) in [4.78, 5) is 12.9. The summed E-state index contributed by atoms with van der Waals surface area (Å²) in [5.74, 6) is 0.685. The molecular formula is C26H32N2O5. The van der Waals surface area contributed by atoms with Gasteiger partial charge in [0.25, 0.3) is 0 Å². The number of ether oxygens (including phenoxy) is 2. The molecule has 3 rings (SSSR count). The van der Waals surface area contributed by atoms with Gasteiger partial charge in [0.1, 0.15) is 18.1 Å². The van der Waals surface area contributed by atoms with Crippen LogP contribution in [-0.2, 0) is 9.53 Å². The molecule has 33 heavy (non-hydrogen) atoms. The molecule has 0 saturated heterocycles. The number of rotatable bonds is 12. The van der Waals surface area contributed by atoms with Gasteiger partial charge in [-0.25, -0.2) is 4.79 Å². The first-order valence-electron chi connectivity index (χ1n) is 11.2. The van der Waals surface area contributed by atoms with Crippen LogP contribution in [0.25, 0.3) is 11.1 Å². The van der Waals surface area contributed by atoms with Crippen LogP contribution in [0.5, 0.6) is 5.75 Å². The Morgan fingerprint density at radius 2 is 1.82 bits per heavy atom. The lowest BCUT2D eigenvalue weighted by atomic mass is 10.0. The predicted octanol–water partition coefficient (Wildman–Crippen LogP) is 5.69. The lowest BCUT2D eigenvalue weighted by Crippen LogP contribution is -2.19. The molecule has 0 radical (unpaired) electrons. The maximum Gasteiger partial charge on any atom is 0.329 e. The van der Waals surface area contributed by atoms with Gasteiger partial charge in [0.05, 0.1) is 12.8 Å². The largest absolute Gasteiger partial charge is 0.497 e. The van der Waals surface area contributed by atoms with Crippen molar-refractivity contribution in [2.45, 2.75) is 40.0 Å². The summed E-state index contributed by atoms with van der Waals surface area (Å²) in [6.07, 6.45) is 2.70. The van der Waals surface area contributed by atoms with Crippen molar-refractivity contribution >= 4 is 17.3 Å². The van der Waals surface area contributed by atoms with Crippen LogP contribution in [0.15, 0.2) is 47.0 Å². The number of carboxylic acids is 1. The van der Waals surface area contributed by atoms with Gasteiger partial charge in [-0.3, -0.25) is 0 Å². The molecule has 7 nitrogen and oxygen atoms in total. The molecule has 2 aromatic carbocycles. The summed E-state index contributed by atoms with van der Waals surface area (Å²) in [6, 6.07) is 14.5. The number of carbonyl (C=O) groups is 1. The number of carboxylic acid groups (broad SMARTS) is 1. The molecule has 1 aromatic heterocycles. The summed E-state index contributed by atoms with van der Waals surface area (Å²) in [7, 11) is 1.66. The van der Waals surface area contributed by atoms with Crippen molar-refractivity contribution in [3.8, 4) is 16.9 Å². The quantitative estimate of drug-likeness (QED) is 0.354. The van der Waals surface area contributed by atoms with E-state index < -0.39 is 5.97 Å². The highest BCUT2D eigenvalue weighted by Crippen LogP contribution is 2.35. The number of hydrogen-bond donors (Lipinski definition) is 1. The topological polar surface area (TPSA) is 85.0 Å². The van der Waals surface area contributed by atoms with Crippen molar-refractivity contribution in [3.63, 3.8) is 0 Å². The molecule has 7 heteroatoms. The number of anilines is 2. The molecule has 0 aliphatic carbocycles. The van der Waals surface area contributed by atoms with Crippen molar-refractivity contribution in [3.05, 3.63) is 59.5 Å². The third-order valence-corrected chi connectivity index (χ3v) is 5.60. The molecule has 3 aromatic rings. The number of aromatic nitrogens is 1. The molecule has 0 aliphatic rings. The van der Waals surface area contributed by atoms with Gasteiger partial charge >= 0.3 is 5.97 Å². The van der Waals surface area contributed by atoms with Crippen LogP contribution in [0.3, 0.4) is 0 Å². The summed E-state index contributed by atoms with van der Waals surface area (Å²) >= 11 is 0. The first-order chi connectivity index (χ1) is 15.9. The van der Waals surface area contributed by atoms with Gasteiger partial charge in [0.15, 0.2) is 0 Å². The fourth-order valence-corrected chi connectivity index (χ4v) is 3.91. The van der Waals surface area contributed by atoms with E-state index in [1.807, 2.05) is 26.0 Å². The van der Waals surface area contributed by atoms with Gasteiger partial charge in [0, 0.05) is 30.1 Å². The van der Waals surface area contributed by atoms with Crippen LogP contribution in [-0.4, -0.2) is 43.1 Å². The molecular weight excluding hydrogens is 420 g/mol. The first-order valence-corrected chi connectivity index (χ1v) is 11.2. The Labute approximate surface area is 194 Å². The second-order valence-electron chi connectivity index (χ2n) is 8.06. The predicted molar refractivity (Wildman–Crippen MR) is 128 cm³/mol. The van der Waals surface area contributed by atoms with E-state index in [0.29, 0.717) is 6.61 Å². The Kier molecular flexibility index (Phi) is 8.49. The fourth-order valence-electron chi connectivity index (χ4n) is 3.91. The van der Waals surface area contributed by atoms with E-state index >= 15 is 0 Å². The lowest BCUT2D eigenvalue weighted by molar-refractivity contribution is -0.142. The van der Waals surface area contributed by atoms with E-state index in [0.717, 1.165) is 65.5 Å².